The third-order valence-corrected chi connectivity index (χ3v) is 7.29. The van der Waals surface area contributed by atoms with Crippen molar-refractivity contribution in [1.82, 2.24) is 0 Å². The number of methoxy groups -OCH3 is 1. The van der Waals surface area contributed by atoms with Gasteiger partial charge in [0.2, 0.25) is 5.91 Å². The summed E-state index contributed by atoms with van der Waals surface area (Å²) in [6.07, 6.45) is -1.22. The number of para-hydroxylation sites is 1. The van der Waals surface area contributed by atoms with Crippen LogP contribution in [0.3, 0.4) is 0 Å². The number of rotatable bonds is 6. The number of imide groups is 1. The van der Waals surface area contributed by atoms with Gasteiger partial charge in [-0.2, -0.15) is 0 Å². The average molecular weight is 522 g/mol. The van der Waals surface area contributed by atoms with Crippen molar-refractivity contribution in [3.8, 4) is 5.75 Å². The molecule has 0 spiro atoms. The summed E-state index contributed by atoms with van der Waals surface area (Å²) >= 11 is 0. The maximum atomic E-state index is 14.7. The number of nitro benzene ring substituents is 1. The van der Waals surface area contributed by atoms with E-state index in [1.807, 2.05) is 72.8 Å². The second kappa shape index (κ2) is 9.38. The standard InChI is InChI=1S/C30H23N3O6/c1-38-25-17-15-20(16-18-25)26-30(21-9-4-2-5-10-21)27(39-32(26)22-11-6-3-7-12-22)28(34)31(29(30)35)23-13-8-14-24(19-23)33(36)37/h2-19,26-27H,1H3/t26-,27+,30-/m0/s1. The first-order valence-corrected chi connectivity index (χ1v) is 12.3. The highest BCUT2D eigenvalue weighted by molar-refractivity contribution is 6.28. The Morgan fingerprint density at radius 3 is 2.13 bits per heavy atom. The fourth-order valence-corrected chi connectivity index (χ4v) is 5.56. The molecule has 39 heavy (non-hydrogen) atoms. The van der Waals surface area contributed by atoms with E-state index in [2.05, 4.69) is 0 Å². The largest absolute Gasteiger partial charge is 0.497 e. The molecule has 2 amide bonds. The Morgan fingerprint density at radius 1 is 0.846 bits per heavy atom. The summed E-state index contributed by atoms with van der Waals surface area (Å²) in [5.41, 5.74) is 0.400. The van der Waals surface area contributed by atoms with Crippen LogP contribution in [0.2, 0.25) is 0 Å². The Hall–Kier alpha value is -5.02. The summed E-state index contributed by atoms with van der Waals surface area (Å²) in [4.78, 5) is 47.1. The fourth-order valence-electron chi connectivity index (χ4n) is 5.56. The van der Waals surface area contributed by atoms with Gasteiger partial charge < -0.3 is 4.74 Å². The molecule has 2 aliphatic rings. The monoisotopic (exact) mass is 521 g/mol. The topological polar surface area (TPSA) is 102 Å². The summed E-state index contributed by atoms with van der Waals surface area (Å²) in [5, 5.41) is 13.1. The number of carbonyl (C=O) groups is 2. The van der Waals surface area contributed by atoms with Crippen molar-refractivity contribution >= 4 is 28.9 Å². The van der Waals surface area contributed by atoms with Gasteiger partial charge >= 0.3 is 0 Å². The zero-order valence-corrected chi connectivity index (χ0v) is 20.8. The molecule has 0 bridgehead atoms. The maximum absolute atomic E-state index is 14.7. The Balaban J connectivity index is 1.60. The maximum Gasteiger partial charge on any atom is 0.271 e. The fraction of sp³-hybridized carbons (Fsp3) is 0.133. The number of ether oxygens (including phenoxy) is 1. The number of amides is 2. The minimum Gasteiger partial charge on any atom is -0.497 e. The lowest BCUT2D eigenvalue weighted by atomic mass is 9.69. The second-order valence-corrected chi connectivity index (χ2v) is 9.31. The number of anilines is 2. The number of hydrogen-bond donors (Lipinski definition) is 0. The van der Waals surface area contributed by atoms with Gasteiger partial charge in [-0.3, -0.25) is 24.5 Å². The van der Waals surface area contributed by atoms with Gasteiger partial charge in [0.05, 0.1) is 23.4 Å². The molecule has 0 aromatic heterocycles. The van der Waals surface area contributed by atoms with Crippen LogP contribution in [-0.2, 0) is 19.8 Å². The summed E-state index contributed by atoms with van der Waals surface area (Å²) in [6, 6.07) is 30.4. The first-order valence-electron chi connectivity index (χ1n) is 12.3. The molecule has 0 aliphatic carbocycles. The van der Waals surface area contributed by atoms with E-state index in [9.17, 15) is 19.7 Å². The smallest absolute Gasteiger partial charge is 0.271 e. The third-order valence-electron chi connectivity index (χ3n) is 7.29. The Kier molecular flexibility index (Phi) is 5.85. The van der Waals surface area contributed by atoms with Crippen LogP contribution in [0.15, 0.2) is 109 Å². The van der Waals surface area contributed by atoms with Crippen molar-refractivity contribution < 1.29 is 24.1 Å². The summed E-state index contributed by atoms with van der Waals surface area (Å²) in [5.74, 6) is -0.481. The zero-order valence-electron chi connectivity index (χ0n) is 20.8. The average Bonchev–Trinajstić information content (AvgIpc) is 3.45. The predicted octanol–water partition coefficient (Wildman–Crippen LogP) is 4.98. The van der Waals surface area contributed by atoms with Crippen LogP contribution >= 0.6 is 0 Å². The van der Waals surface area contributed by atoms with Gasteiger partial charge in [-0.25, -0.2) is 9.96 Å². The van der Waals surface area contributed by atoms with Crippen LogP contribution in [0.5, 0.6) is 5.75 Å². The number of hydrogen-bond acceptors (Lipinski definition) is 7. The van der Waals surface area contributed by atoms with Crippen LogP contribution in [-0.4, -0.2) is 30.0 Å². The van der Waals surface area contributed by atoms with Gasteiger partial charge in [0, 0.05) is 12.1 Å². The van der Waals surface area contributed by atoms with Crippen LogP contribution < -0.4 is 14.7 Å². The van der Waals surface area contributed by atoms with Crippen molar-refractivity contribution in [3.05, 3.63) is 130 Å². The number of hydroxylamine groups is 1. The van der Waals surface area contributed by atoms with E-state index in [0.717, 1.165) is 10.5 Å². The normalized spacial score (nSPS) is 22.2. The van der Waals surface area contributed by atoms with E-state index >= 15 is 0 Å². The van der Waals surface area contributed by atoms with E-state index in [-0.39, 0.29) is 11.4 Å². The van der Waals surface area contributed by atoms with Crippen LogP contribution in [0, 0.1) is 10.1 Å². The second-order valence-electron chi connectivity index (χ2n) is 9.31. The lowest BCUT2D eigenvalue weighted by Gasteiger charge is -2.35. The highest BCUT2D eigenvalue weighted by Gasteiger charge is 2.72. The van der Waals surface area contributed by atoms with E-state index in [0.29, 0.717) is 17.0 Å². The lowest BCUT2D eigenvalue weighted by molar-refractivity contribution is -0.384. The van der Waals surface area contributed by atoms with E-state index in [1.165, 1.54) is 24.3 Å². The van der Waals surface area contributed by atoms with Crippen molar-refractivity contribution in [1.29, 1.82) is 0 Å². The Bertz CT molecular complexity index is 1560. The minimum atomic E-state index is -1.49. The number of non-ortho nitro benzene ring substituents is 1. The molecule has 0 radical (unpaired) electrons. The molecule has 2 aliphatic heterocycles. The third kappa shape index (κ3) is 3.66. The molecular formula is C30H23N3O6. The van der Waals surface area contributed by atoms with Crippen molar-refractivity contribution in [2.24, 2.45) is 0 Å². The summed E-state index contributed by atoms with van der Waals surface area (Å²) in [7, 11) is 1.57. The zero-order chi connectivity index (χ0) is 27.1. The van der Waals surface area contributed by atoms with Gasteiger partial charge in [-0.05, 0) is 41.5 Å². The Morgan fingerprint density at radius 2 is 1.49 bits per heavy atom. The molecule has 6 rings (SSSR count). The molecule has 0 N–H and O–H groups in total. The molecule has 9 heteroatoms. The minimum absolute atomic E-state index is 0.118. The molecule has 0 saturated carbocycles. The van der Waals surface area contributed by atoms with Crippen LogP contribution in [0.4, 0.5) is 17.1 Å². The molecule has 9 nitrogen and oxygen atoms in total. The number of nitro groups is 1. The van der Waals surface area contributed by atoms with E-state index in [4.69, 9.17) is 9.57 Å². The molecule has 0 unspecified atom stereocenters. The van der Waals surface area contributed by atoms with Crippen molar-refractivity contribution in [2.75, 3.05) is 17.1 Å². The van der Waals surface area contributed by atoms with E-state index < -0.39 is 34.3 Å². The highest BCUT2D eigenvalue weighted by atomic mass is 16.7. The van der Waals surface area contributed by atoms with Gasteiger partial charge in [0.25, 0.3) is 11.6 Å². The molecular weight excluding hydrogens is 498 g/mol. The number of nitrogens with zero attached hydrogens (tertiary/aromatic N) is 3. The molecule has 2 heterocycles. The van der Waals surface area contributed by atoms with Crippen LogP contribution in [0.25, 0.3) is 0 Å². The highest BCUT2D eigenvalue weighted by Crippen LogP contribution is 2.57. The predicted molar refractivity (Wildman–Crippen MR) is 143 cm³/mol. The number of fused-ring (bicyclic) bond motifs is 1. The molecule has 4 aromatic rings. The lowest BCUT2D eigenvalue weighted by Crippen LogP contribution is -2.46. The summed E-state index contributed by atoms with van der Waals surface area (Å²) in [6.45, 7) is 0. The van der Waals surface area contributed by atoms with Crippen LogP contribution in [0.1, 0.15) is 17.2 Å². The van der Waals surface area contributed by atoms with Gasteiger partial charge in [-0.1, -0.05) is 66.7 Å². The Labute approximate surface area is 223 Å². The first kappa shape index (κ1) is 24.3. The SMILES string of the molecule is COc1ccc([C@@H]2N(c3ccccc3)O[C@@H]3C(=O)N(c4cccc([N+](=O)[O-])c4)C(=O)[C@]32c2ccccc2)cc1. The van der Waals surface area contributed by atoms with Gasteiger partial charge in [0.1, 0.15) is 17.2 Å². The number of benzene rings is 4. The van der Waals surface area contributed by atoms with Crippen molar-refractivity contribution in [2.45, 2.75) is 17.6 Å². The number of carbonyl (C=O) groups excluding carboxylic acids is 2. The first-order chi connectivity index (χ1) is 19.0. The quantitative estimate of drug-likeness (QED) is 0.200. The molecule has 4 aromatic carbocycles. The van der Waals surface area contributed by atoms with Gasteiger partial charge in [0.15, 0.2) is 6.10 Å². The molecule has 3 atom stereocenters. The molecule has 194 valence electrons. The molecule has 2 saturated heterocycles. The van der Waals surface area contributed by atoms with E-state index in [1.54, 1.807) is 24.3 Å². The molecule has 2 fully saturated rings. The van der Waals surface area contributed by atoms with Gasteiger partial charge in [-0.15, -0.1) is 0 Å². The van der Waals surface area contributed by atoms with Crippen molar-refractivity contribution in [3.63, 3.8) is 0 Å². The summed E-state index contributed by atoms with van der Waals surface area (Å²) < 4.78 is 5.35.